The van der Waals surface area contributed by atoms with Gasteiger partial charge in [0.1, 0.15) is 23.7 Å². The molecule has 4 aliphatic rings. The zero-order valence-corrected chi connectivity index (χ0v) is 23.5. The lowest BCUT2D eigenvalue weighted by molar-refractivity contribution is -0.141. The van der Waals surface area contributed by atoms with Crippen molar-refractivity contribution in [2.24, 2.45) is 5.92 Å². The highest BCUT2D eigenvalue weighted by atomic mass is 32.2. The van der Waals surface area contributed by atoms with E-state index in [4.69, 9.17) is 4.74 Å². The van der Waals surface area contributed by atoms with E-state index in [1.165, 1.54) is 6.08 Å². The van der Waals surface area contributed by atoms with Gasteiger partial charge in [-0.15, -0.1) is 6.58 Å². The molecule has 0 bridgehead atoms. The molecule has 0 aromatic carbocycles. The van der Waals surface area contributed by atoms with Crippen molar-refractivity contribution in [2.75, 3.05) is 13.1 Å². The quantitative estimate of drug-likeness (QED) is 0.138. The number of alkyl carbamates (subject to hydrolysis) is 1. The average molecular weight is 596 g/mol. The van der Waals surface area contributed by atoms with Crippen LogP contribution in [0.2, 0.25) is 0 Å². The molecule has 0 aromatic rings. The second kappa shape index (κ2) is 12.2. The molecule has 226 valence electrons. The highest BCUT2D eigenvalue weighted by Gasteiger charge is 2.61. The summed E-state index contributed by atoms with van der Waals surface area (Å²) in [5, 5.41) is 17.2. The van der Waals surface area contributed by atoms with Crippen molar-refractivity contribution in [3.8, 4) is 0 Å². The Bertz CT molecular complexity index is 1210. The van der Waals surface area contributed by atoms with Crippen molar-refractivity contribution in [3.63, 3.8) is 0 Å². The highest BCUT2D eigenvalue weighted by molar-refractivity contribution is 7.91. The smallest absolute Gasteiger partial charge is 0.408 e. The maximum absolute atomic E-state index is 13.6. The Morgan fingerprint density at radius 2 is 1.78 bits per heavy atom. The first-order chi connectivity index (χ1) is 19.4. The normalized spacial score (nSPS) is 28.2. The van der Waals surface area contributed by atoms with E-state index in [-0.39, 0.29) is 32.0 Å². The van der Waals surface area contributed by atoms with E-state index in [0.717, 1.165) is 23.8 Å². The number of ether oxygens (including phenoxy) is 1. The lowest BCUT2D eigenvalue weighted by Gasteiger charge is -2.30. The molecule has 5 amide bonds. The van der Waals surface area contributed by atoms with Crippen molar-refractivity contribution in [2.45, 2.75) is 86.4 Å². The van der Waals surface area contributed by atoms with Crippen LogP contribution in [0, 0.1) is 5.92 Å². The molecule has 4 rings (SSSR count). The van der Waals surface area contributed by atoms with Gasteiger partial charge in [-0.3, -0.25) is 23.9 Å². The van der Waals surface area contributed by atoms with E-state index < -0.39 is 74.6 Å². The number of β-amino-alcohol motifs (C(OH)–C–C–N with tert-alkyl or cyclic N) is 1. The highest BCUT2D eigenvalue weighted by Crippen LogP contribution is 2.45. The number of hydrogen-bond acceptors (Lipinski definition) is 9. The molecule has 0 aromatic heterocycles. The summed E-state index contributed by atoms with van der Waals surface area (Å²) in [6, 6.07) is -2.57. The fourth-order valence-corrected chi connectivity index (χ4v) is 6.70. The number of aliphatic hydroxyl groups excluding tert-OH is 1. The van der Waals surface area contributed by atoms with Gasteiger partial charge in [-0.1, -0.05) is 12.7 Å². The molecule has 1 saturated heterocycles. The summed E-state index contributed by atoms with van der Waals surface area (Å²) in [6.07, 6.45) is 4.27. The van der Waals surface area contributed by atoms with Gasteiger partial charge in [-0.05, 0) is 51.0 Å². The first-order valence-electron chi connectivity index (χ1n) is 13.8. The van der Waals surface area contributed by atoms with Crippen molar-refractivity contribution in [3.05, 3.63) is 25.3 Å². The summed E-state index contributed by atoms with van der Waals surface area (Å²) < 4.78 is 32.2. The van der Waals surface area contributed by atoms with Crippen molar-refractivity contribution < 1.29 is 42.2 Å². The van der Waals surface area contributed by atoms with Crippen LogP contribution in [0.5, 0.6) is 0 Å². The maximum atomic E-state index is 13.6. The molecule has 4 fully saturated rings. The fourth-order valence-electron chi connectivity index (χ4n) is 5.33. The van der Waals surface area contributed by atoms with Crippen LogP contribution in [-0.4, -0.2) is 96.3 Å². The van der Waals surface area contributed by atoms with Gasteiger partial charge < -0.3 is 30.7 Å². The van der Waals surface area contributed by atoms with E-state index in [1.807, 2.05) is 0 Å². The molecule has 5 atom stereocenters. The minimum Gasteiger partial charge on any atom is -0.446 e. The van der Waals surface area contributed by atoms with Gasteiger partial charge in [0.05, 0.1) is 11.4 Å². The molecule has 0 radical (unpaired) electrons. The summed E-state index contributed by atoms with van der Waals surface area (Å²) in [5.41, 5.74) is -1.57. The predicted octanol–water partition coefficient (Wildman–Crippen LogP) is -1.04. The molecule has 0 spiro atoms. The van der Waals surface area contributed by atoms with Gasteiger partial charge in [0.2, 0.25) is 27.7 Å². The largest absolute Gasteiger partial charge is 0.446 e. The minimum atomic E-state index is -3.88. The first-order valence-corrected chi connectivity index (χ1v) is 15.3. The summed E-state index contributed by atoms with van der Waals surface area (Å²) in [7, 11) is -3.88. The van der Waals surface area contributed by atoms with Crippen LogP contribution in [0.15, 0.2) is 25.3 Å². The third-order valence-electron chi connectivity index (χ3n) is 7.95. The molecule has 41 heavy (non-hydrogen) atoms. The van der Waals surface area contributed by atoms with Crippen molar-refractivity contribution >= 4 is 39.7 Å². The second-order valence-corrected chi connectivity index (χ2v) is 13.0. The molecule has 1 unspecified atom stereocenters. The minimum absolute atomic E-state index is 0.113. The predicted molar refractivity (Wildman–Crippen MR) is 144 cm³/mol. The standard InChI is InChI=1S/C26H37N5O9S/c1-3-15-12-26(15,24(36)30-41(38,39)18-9-10-18)29-22(34)20-11-16(32)14-31(20)23(35)19(13-27-21(33)4-2)28-25(37)40-17-7-5-6-8-17/h3-4,15-20,32H,1-2,5-14H2,(H,27,33)(H,28,37)(H,29,34)(H,30,36)/t15-,16-,19+,20?,26-/m1/s1. The van der Waals surface area contributed by atoms with E-state index in [0.29, 0.717) is 25.7 Å². The fraction of sp³-hybridized carbons (Fsp3) is 0.654. The number of rotatable bonds is 12. The zero-order chi connectivity index (χ0) is 29.9. The van der Waals surface area contributed by atoms with Gasteiger partial charge in [0.15, 0.2) is 0 Å². The Balaban J connectivity index is 1.47. The Kier molecular flexibility index (Phi) is 9.07. The SMILES string of the molecule is C=CC(=O)NC[C@H](NC(=O)OC1CCCC1)C(=O)N1C[C@H](O)CC1C(=O)N[C@]1(C(=O)NS(=O)(=O)C2CC2)C[C@H]1C=C. The zero-order valence-electron chi connectivity index (χ0n) is 22.7. The van der Waals surface area contributed by atoms with Crippen molar-refractivity contribution in [1.82, 2.24) is 25.6 Å². The lowest BCUT2D eigenvalue weighted by atomic mass is 10.1. The second-order valence-electron chi connectivity index (χ2n) is 11.0. The van der Waals surface area contributed by atoms with Crippen LogP contribution in [0.25, 0.3) is 0 Å². The maximum Gasteiger partial charge on any atom is 0.408 e. The van der Waals surface area contributed by atoms with E-state index >= 15 is 0 Å². The van der Waals surface area contributed by atoms with Crippen LogP contribution >= 0.6 is 0 Å². The third-order valence-corrected chi connectivity index (χ3v) is 9.76. The Morgan fingerprint density at radius 3 is 2.37 bits per heavy atom. The molecule has 3 saturated carbocycles. The number of aliphatic hydroxyl groups is 1. The average Bonchev–Trinajstić information content (AvgIpc) is 3.81. The number of likely N-dealkylation sites (tertiary alicyclic amines) is 1. The van der Waals surface area contributed by atoms with Crippen LogP contribution in [0.4, 0.5) is 4.79 Å². The van der Waals surface area contributed by atoms with Gasteiger partial charge in [0.25, 0.3) is 5.91 Å². The molecular weight excluding hydrogens is 558 g/mol. The van der Waals surface area contributed by atoms with Crippen LogP contribution in [-0.2, 0) is 33.9 Å². The van der Waals surface area contributed by atoms with E-state index in [2.05, 4.69) is 33.8 Å². The molecule has 15 heteroatoms. The molecular formula is C26H37N5O9S. The number of carbonyl (C=O) groups is 5. The van der Waals surface area contributed by atoms with Crippen LogP contribution < -0.4 is 20.7 Å². The number of nitrogens with one attached hydrogen (secondary N) is 4. The number of amides is 5. The van der Waals surface area contributed by atoms with E-state index in [1.54, 1.807) is 0 Å². The number of sulfonamides is 1. The lowest BCUT2D eigenvalue weighted by Crippen LogP contribution is -2.59. The summed E-state index contributed by atoms with van der Waals surface area (Å²) in [6.45, 7) is 6.42. The Hall–Kier alpha value is -3.46. The summed E-state index contributed by atoms with van der Waals surface area (Å²) >= 11 is 0. The van der Waals surface area contributed by atoms with Crippen LogP contribution in [0.1, 0.15) is 51.4 Å². The molecule has 5 N–H and O–H groups in total. The first kappa shape index (κ1) is 30.5. The Morgan fingerprint density at radius 1 is 1.10 bits per heavy atom. The monoisotopic (exact) mass is 595 g/mol. The third kappa shape index (κ3) is 7.07. The number of nitrogens with zero attached hydrogens (tertiary/aromatic N) is 1. The van der Waals surface area contributed by atoms with Gasteiger partial charge in [-0.25, -0.2) is 13.2 Å². The van der Waals surface area contributed by atoms with Crippen molar-refractivity contribution in [1.29, 1.82) is 0 Å². The molecule has 14 nitrogen and oxygen atoms in total. The van der Waals surface area contributed by atoms with Gasteiger partial charge in [0, 0.05) is 25.4 Å². The summed E-state index contributed by atoms with van der Waals surface area (Å²) in [5.74, 6) is -3.56. The van der Waals surface area contributed by atoms with Gasteiger partial charge >= 0.3 is 6.09 Å². The molecule has 3 aliphatic carbocycles. The summed E-state index contributed by atoms with van der Waals surface area (Å²) in [4.78, 5) is 65.5. The van der Waals surface area contributed by atoms with Crippen LogP contribution in [0.3, 0.4) is 0 Å². The topological polar surface area (TPSA) is 200 Å². The number of hydrogen-bond donors (Lipinski definition) is 5. The van der Waals surface area contributed by atoms with Gasteiger partial charge in [-0.2, -0.15) is 0 Å². The van der Waals surface area contributed by atoms with E-state index in [9.17, 15) is 37.5 Å². The number of carbonyl (C=O) groups excluding carboxylic acids is 5. The Labute approximate surface area is 238 Å². The molecule has 1 aliphatic heterocycles. The molecule has 1 heterocycles.